The zero-order chi connectivity index (χ0) is 19.4. The highest BCUT2D eigenvalue weighted by Gasteiger charge is 2.13. The molecule has 0 fully saturated rings. The van der Waals surface area contributed by atoms with Crippen molar-refractivity contribution in [2.45, 2.75) is 4.90 Å². The number of amides is 2. The van der Waals surface area contributed by atoms with E-state index < -0.39 is 0 Å². The molecule has 0 spiro atoms. The minimum absolute atomic E-state index is 0.105. The van der Waals surface area contributed by atoms with E-state index in [0.717, 1.165) is 21.9 Å². The van der Waals surface area contributed by atoms with Crippen molar-refractivity contribution in [2.75, 3.05) is 19.4 Å². The fourth-order valence-corrected chi connectivity index (χ4v) is 3.28. The minimum Gasteiger partial charge on any atom is -0.339 e. The molecule has 0 aliphatic rings. The first-order chi connectivity index (χ1) is 12.9. The van der Waals surface area contributed by atoms with Crippen LogP contribution in [-0.2, 0) is 0 Å². The van der Waals surface area contributed by atoms with E-state index in [-0.39, 0.29) is 11.1 Å². The topological polar surface area (TPSA) is 67.2 Å². The second-order valence-electron chi connectivity index (χ2n) is 5.86. The molecule has 2 aromatic carbocycles. The van der Waals surface area contributed by atoms with Gasteiger partial charge in [-0.2, -0.15) is 5.10 Å². The first-order valence-electron chi connectivity index (χ1n) is 8.04. The van der Waals surface area contributed by atoms with Gasteiger partial charge in [-0.25, -0.2) is 4.68 Å². The number of carbonyl (C=O) groups excluding carboxylic acids is 2. The van der Waals surface area contributed by atoms with E-state index in [2.05, 4.69) is 26.3 Å². The number of nitrogens with one attached hydrogen (secondary N) is 1. The lowest BCUT2D eigenvalue weighted by Crippen LogP contribution is -2.17. The number of hydrogen-bond donors (Lipinski definition) is 1. The number of halogens is 1. The standard InChI is InChI=1S/C19H17BrN4O2S/c1-23(2)19(26)27-17-6-4-3-5-16(17)22-18(25)13-7-9-15(10-8-13)24-12-14(20)11-21-24/h3-12H,1-2H3,(H,22,25). The SMILES string of the molecule is CN(C)C(=O)Sc1ccccc1NC(=O)c1ccc(-n2cc(Br)cn2)cc1. The van der Waals surface area contributed by atoms with E-state index in [1.54, 1.807) is 49.2 Å². The molecule has 6 nitrogen and oxygen atoms in total. The number of aromatic nitrogens is 2. The lowest BCUT2D eigenvalue weighted by Gasteiger charge is -2.13. The van der Waals surface area contributed by atoms with Crippen LogP contribution in [0.2, 0.25) is 0 Å². The number of thioether (sulfide) groups is 1. The Morgan fingerprint density at radius 1 is 1.11 bits per heavy atom. The second kappa shape index (κ2) is 8.41. The number of para-hydroxylation sites is 1. The fourth-order valence-electron chi connectivity index (χ4n) is 2.25. The second-order valence-corrected chi connectivity index (χ2v) is 7.77. The average Bonchev–Trinajstić information content (AvgIpc) is 3.09. The van der Waals surface area contributed by atoms with Gasteiger partial charge in [-0.05, 0) is 64.1 Å². The summed E-state index contributed by atoms with van der Waals surface area (Å²) < 4.78 is 2.59. The molecule has 0 aliphatic carbocycles. The maximum absolute atomic E-state index is 12.6. The van der Waals surface area contributed by atoms with Gasteiger partial charge in [-0.3, -0.25) is 9.59 Å². The summed E-state index contributed by atoms with van der Waals surface area (Å²) in [7, 11) is 3.38. The fraction of sp³-hybridized carbons (Fsp3) is 0.105. The molecule has 1 heterocycles. The molecule has 0 atom stereocenters. The molecule has 2 amide bonds. The third-order valence-corrected chi connectivity index (χ3v) is 5.17. The first kappa shape index (κ1) is 19.2. The van der Waals surface area contributed by atoms with Crippen molar-refractivity contribution in [1.82, 2.24) is 14.7 Å². The van der Waals surface area contributed by atoms with E-state index >= 15 is 0 Å². The molecule has 8 heteroatoms. The molecule has 0 saturated heterocycles. The smallest absolute Gasteiger partial charge is 0.286 e. The highest BCUT2D eigenvalue weighted by molar-refractivity contribution is 9.10. The third kappa shape index (κ3) is 4.78. The predicted octanol–water partition coefficient (Wildman–Crippen LogP) is 4.66. The summed E-state index contributed by atoms with van der Waals surface area (Å²) in [5.41, 5.74) is 1.97. The minimum atomic E-state index is -0.242. The Bertz CT molecular complexity index is 970. The molecule has 1 N–H and O–H groups in total. The Balaban J connectivity index is 1.75. The maximum atomic E-state index is 12.6. The van der Waals surface area contributed by atoms with Crippen LogP contribution >= 0.6 is 27.7 Å². The van der Waals surface area contributed by atoms with Gasteiger partial charge in [0.2, 0.25) is 0 Å². The predicted molar refractivity (Wildman–Crippen MR) is 111 cm³/mol. The molecule has 27 heavy (non-hydrogen) atoms. The van der Waals surface area contributed by atoms with E-state index in [1.807, 2.05) is 30.5 Å². The van der Waals surface area contributed by atoms with Crippen molar-refractivity contribution in [3.8, 4) is 5.69 Å². The summed E-state index contributed by atoms with van der Waals surface area (Å²) in [4.78, 5) is 26.7. The van der Waals surface area contributed by atoms with Gasteiger partial charge in [-0.1, -0.05) is 12.1 Å². The maximum Gasteiger partial charge on any atom is 0.286 e. The highest BCUT2D eigenvalue weighted by Crippen LogP contribution is 2.29. The molecule has 0 saturated carbocycles. The zero-order valence-corrected chi connectivity index (χ0v) is 17.1. The molecular formula is C19H17BrN4O2S. The first-order valence-corrected chi connectivity index (χ1v) is 9.65. The molecular weight excluding hydrogens is 428 g/mol. The number of benzene rings is 2. The van der Waals surface area contributed by atoms with Crippen LogP contribution < -0.4 is 5.32 Å². The lowest BCUT2D eigenvalue weighted by atomic mass is 10.2. The van der Waals surface area contributed by atoms with Crippen LogP contribution in [0, 0.1) is 0 Å². The largest absolute Gasteiger partial charge is 0.339 e. The summed E-state index contributed by atoms with van der Waals surface area (Å²) in [6.07, 6.45) is 3.54. The molecule has 0 radical (unpaired) electrons. The number of nitrogens with zero attached hydrogens (tertiary/aromatic N) is 3. The van der Waals surface area contributed by atoms with Crippen molar-refractivity contribution >= 4 is 44.5 Å². The quantitative estimate of drug-likeness (QED) is 0.594. The van der Waals surface area contributed by atoms with Gasteiger partial charge >= 0.3 is 0 Å². The van der Waals surface area contributed by atoms with E-state index in [0.29, 0.717) is 16.1 Å². The lowest BCUT2D eigenvalue weighted by molar-refractivity contribution is 0.102. The Labute approximate surface area is 169 Å². The van der Waals surface area contributed by atoms with Crippen LogP contribution in [0.4, 0.5) is 10.5 Å². The van der Waals surface area contributed by atoms with Gasteiger partial charge in [0, 0.05) is 30.8 Å². The van der Waals surface area contributed by atoms with Gasteiger partial charge < -0.3 is 10.2 Å². The van der Waals surface area contributed by atoms with Crippen LogP contribution in [0.5, 0.6) is 0 Å². The number of anilines is 1. The van der Waals surface area contributed by atoms with E-state index in [9.17, 15) is 9.59 Å². The molecule has 0 unspecified atom stereocenters. The molecule has 3 rings (SSSR count). The van der Waals surface area contributed by atoms with E-state index in [1.165, 1.54) is 4.90 Å². The van der Waals surface area contributed by atoms with Crippen LogP contribution in [-0.4, -0.2) is 39.9 Å². The normalized spacial score (nSPS) is 10.5. The summed E-state index contributed by atoms with van der Waals surface area (Å²) in [6, 6.07) is 14.4. The van der Waals surface area contributed by atoms with Crippen LogP contribution in [0.3, 0.4) is 0 Å². The van der Waals surface area contributed by atoms with Gasteiger partial charge in [-0.15, -0.1) is 0 Å². The van der Waals surface area contributed by atoms with Crippen LogP contribution in [0.15, 0.2) is 70.3 Å². The van der Waals surface area contributed by atoms with Crippen molar-refractivity contribution < 1.29 is 9.59 Å². The monoisotopic (exact) mass is 444 g/mol. The Morgan fingerprint density at radius 2 is 1.81 bits per heavy atom. The molecule has 0 aliphatic heterocycles. The summed E-state index contributed by atoms with van der Waals surface area (Å²) in [5.74, 6) is -0.242. The van der Waals surface area contributed by atoms with Crippen molar-refractivity contribution in [3.05, 3.63) is 71.0 Å². The highest BCUT2D eigenvalue weighted by atomic mass is 79.9. The number of hydrogen-bond acceptors (Lipinski definition) is 4. The van der Waals surface area contributed by atoms with Crippen molar-refractivity contribution in [1.29, 1.82) is 0 Å². The Morgan fingerprint density at radius 3 is 2.44 bits per heavy atom. The molecule has 1 aromatic heterocycles. The molecule has 138 valence electrons. The Kier molecular flexibility index (Phi) is 5.98. The average molecular weight is 445 g/mol. The van der Waals surface area contributed by atoms with Crippen molar-refractivity contribution in [3.63, 3.8) is 0 Å². The molecule has 3 aromatic rings. The zero-order valence-electron chi connectivity index (χ0n) is 14.7. The summed E-state index contributed by atoms with van der Waals surface area (Å²) in [5, 5.41) is 6.98. The van der Waals surface area contributed by atoms with Gasteiger partial charge in [0.1, 0.15) is 0 Å². The van der Waals surface area contributed by atoms with Gasteiger partial charge in [0.15, 0.2) is 0 Å². The Hall–Kier alpha value is -2.58. The van der Waals surface area contributed by atoms with Crippen LogP contribution in [0.1, 0.15) is 10.4 Å². The van der Waals surface area contributed by atoms with Crippen LogP contribution in [0.25, 0.3) is 5.69 Å². The van der Waals surface area contributed by atoms with Gasteiger partial charge in [0.25, 0.3) is 11.1 Å². The number of carbonyl (C=O) groups is 2. The third-order valence-electron chi connectivity index (χ3n) is 3.64. The molecule has 0 bridgehead atoms. The number of rotatable bonds is 4. The van der Waals surface area contributed by atoms with E-state index in [4.69, 9.17) is 0 Å². The summed E-state index contributed by atoms with van der Waals surface area (Å²) in [6.45, 7) is 0. The summed E-state index contributed by atoms with van der Waals surface area (Å²) >= 11 is 4.43. The van der Waals surface area contributed by atoms with Crippen molar-refractivity contribution in [2.24, 2.45) is 0 Å². The van der Waals surface area contributed by atoms with Gasteiger partial charge in [0.05, 0.1) is 22.0 Å².